The van der Waals surface area contributed by atoms with Gasteiger partial charge in [0.1, 0.15) is 17.9 Å². The van der Waals surface area contributed by atoms with Gasteiger partial charge in [-0.1, -0.05) is 6.92 Å². The van der Waals surface area contributed by atoms with E-state index in [9.17, 15) is 13.2 Å². The van der Waals surface area contributed by atoms with Crippen LogP contribution in [0, 0.1) is 0 Å². The fourth-order valence-corrected chi connectivity index (χ4v) is 2.70. The molecule has 0 radical (unpaired) electrons. The summed E-state index contributed by atoms with van der Waals surface area (Å²) in [5, 5.41) is 8.98. The highest BCUT2D eigenvalue weighted by molar-refractivity contribution is 7.91. The molecule has 3 N–H and O–H groups in total. The third-order valence-electron chi connectivity index (χ3n) is 2.40. The Labute approximate surface area is 112 Å². The first-order valence-electron chi connectivity index (χ1n) is 5.82. The maximum absolute atomic E-state index is 11.5. The van der Waals surface area contributed by atoms with Gasteiger partial charge in [0.05, 0.1) is 11.5 Å². The number of rotatable bonds is 7. The number of benzene rings is 1. The zero-order chi connectivity index (χ0) is 14.5. The molecule has 6 nitrogen and oxygen atoms in total. The lowest BCUT2D eigenvalue weighted by molar-refractivity contribution is 0.0692. The predicted octanol–water partition coefficient (Wildman–Crippen LogP) is 1.17. The second-order valence-corrected chi connectivity index (χ2v) is 6.36. The quantitative estimate of drug-likeness (QED) is 0.729. The first-order valence-corrected chi connectivity index (χ1v) is 7.64. The van der Waals surface area contributed by atoms with Gasteiger partial charge in [-0.2, -0.15) is 0 Å². The second-order valence-electron chi connectivity index (χ2n) is 4.06. The number of aromatic carboxylic acids is 1. The van der Waals surface area contributed by atoms with Crippen LogP contribution in [0.5, 0.6) is 5.75 Å². The van der Waals surface area contributed by atoms with E-state index < -0.39 is 15.8 Å². The first-order chi connectivity index (χ1) is 8.85. The molecule has 19 heavy (non-hydrogen) atoms. The van der Waals surface area contributed by atoms with E-state index in [1.807, 2.05) is 0 Å². The van der Waals surface area contributed by atoms with E-state index in [-0.39, 0.29) is 29.4 Å². The van der Waals surface area contributed by atoms with Crippen LogP contribution in [-0.4, -0.2) is 37.6 Å². The van der Waals surface area contributed by atoms with Crippen LogP contribution in [0.2, 0.25) is 0 Å². The van der Waals surface area contributed by atoms with Crippen LogP contribution in [0.3, 0.4) is 0 Å². The van der Waals surface area contributed by atoms with Gasteiger partial charge in [-0.3, -0.25) is 0 Å². The Balaban J connectivity index is 2.71. The lowest BCUT2D eigenvalue weighted by Gasteiger charge is -2.09. The summed E-state index contributed by atoms with van der Waals surface area (Å²) >= 11 is 0. The van der Waals surface area contributed by atoms with Gasteiger partial charge in [-0.15, -0.1) is 0 Å². The summed E-state index contributed by atoms with van der Waals surface area (Å²) < 4.78 is 28.2. The van der Waals surface area contributed by atoms with Gasteiger partial charge < -0.3 is 15.6 Å². The fourth-order valence-electron chi connectivity index (χ4n) is 1.53. The van der Waals surface area contributed by atoms with Gasteiger partial charge in [0, 0.05) is 5.69 Å². The van der Waals surface area contributed by atoms with E-state index in [2.05, 4.69) is 0 Å². The van der Waals surface area contributed by atoms with E-state index in [1.165, 1.54) is 18.2 Å². The molecule has 0 amide bonds. The van der Waals surface area contributed by atoms with Crippen LogP contribution in [0.4, 0.5) is 5.69 Å². The molecule has 106 valence electrons. The third kappa shape index (κ3) is 4.78. The van der Waals surface area contributed by atoms with Crippen molar-refractivity contribution in [3.8, 4) is 5.75 Å². The zero-order valence-electron chi connectivity index (χ0n) is 10.6. The van der Waals surface area contributed by atoms with Crippen LogP contribution in [0.25, 0.3) is 0 Å². The predicted molar refractivity (Wildman–Crippen MR) is 72.3 cm³/mol. The highest BCUT2D eigenvalue weighted by Crippen LogP contribution is 2.21. The van der Waals surface area contributed by atoms with E-state index in [4.69, 9.17) is 15.6 Å². The summed E-state index contributed by atoms with van der Waals surface area (Å²) in [5.74, 6) is -1.08. The van der Waals surface area contributed by atoms with E-state index in [0.29, 0.717) is 12.1 Å². The summed E-state index contributed by atoms with van der Waals surface area (Å²) in [6, 6.07) is 4.20. The Morgan fingerprint density at radius 1 is 1.37 bits per heavy atom. The molecule has 0 spiro atoms. The number of hydrogen-bond acceptors (Lipinski definition) is 5. The fraction of sp³-hybridized carbons (Fsp3) is 0.417. The summed E-state index contributed by atoms with van der Waals surface area (Å²) in [4.78, 5) is 11.0. The molecular formula is C12H17NO5S. The number of nitrogen functional groups attached to an aromatic ring is 1. The SMILES string of the molecule is CCCS(=O)(=O)CCOc1ccc(N)cc1C(=O)O. The average Bonchev–Trinajstić information content (AvgIpc) is 2.30. The lowest BCUT2D eigenvalue weighted by atomic mass is 10.2. The van der Waals surface area contributed by atoms with Crippen molar-refractivity contribution in [2.75, 3.05) is 23.8 Å². The minimum absolute atomic E-state index is 0.0760. The molecule has 0 heterocycles. The van der Waals surface area contributed by atoms with Crippen molar-refractivity contribution in [2.24, 2.45) is 0 Å². The number of nitrogens with two attached hydrogens (primary N) is 1. The zero-order valence-corrected chi connectivity index (χ0v) is 11.4. The number of carboxylic acids is 1. The van der Waals surface area contributed by atoms with Gasteiger partial charge in [-0.05, 0) is 24.6 Å². The molecule has 0 saturated carbocycles. The number of anilines is 1. The molecule has 0 bridgehead atoms. The summed E-state index contributed by atoms with van der Waals surface area (Å²) in [6.07, 6.45) is 0.546. The summed E-state index contributed by atoms with van der Waals surface area (Å²) in [7, 11) is -3.14. The van der Waals surface area contributed by atoms with Crippen LogP contribution in [-0.2, 0) is 9.84 Å². The number of sulfone groups is 1. The number of carboxylic acid groups (broad SMARTS) is 1. The normalized spacial score (nSPS) is 11.2. The van der Waals surface area contributed by atoms with Gasteiger partial charge in [0.25, 0.3) is 0 Å². The monoisotopic (exact) mass is 287 g/mol. The summed E-state index contributed by atoms with van der Waals surface area (Å²) in [6.45, 7) is 1.70. The topological polar surface area (TPSA) is 107 Å². The minimum atomic E-state index is -3.14. The highest BCUT2D eigenvalue weighted by Gasteiger charge is 2.14. The van der Waals surface area contributed by atoms with Crippen molar-refractivity contribution in [2.45, 2.75) is 13.3 Å². The molecule has 7 heteroatoms. The van der Waals surface area contributed by atoms with Gasteiger partial charge in [-0.25, -0.2) is 13.2 Å². The molecule has 0 saturated heterocycles. The van der Waals surface area contributed by atoms with Crippen LogP contribution in [0.1, 0.15) is 23.7 Å². The molecule has 1 rings (SSSR count). The number of ether oxygens (including phenoxy) is 1. The smallest absolute Gasteiger partial charge is 0.339 e. The highest BCUT2D eigenvalue weighted by atomic mass is 32.2. The molecule has 0 unspecified atom stereocenters. The van der Waals surface area contributed by atoms with Crippen LogP contribution < -0.4 is 10.5 Å². The van der Waals surface area contributed by atoms with Crippen molar-refractivity contribution in [3.05, 3.63) is 23.8 Å². The molecule has 0 aromatic heterocycles. The van der Waals surface area contributed by atoms with Crippen LogP contribution in [0.15, 0.2) is 18.2 Å². The molecule has 0 aliphatic carbocycles. The van der Waals surface area contributed by atoms with Gasteiger partial charge >= 0.3 is 5.97 Å². The van der Waals surface area contributed by atoms with Crippen molar-refractivity contribution in [3.63, 3.8) is 0 Å². The Bertz CT molecular complexity index is 553. The molecule has 0 aliphatic heterocycles. The Morgan fingerprint density at radius 2 is 2.05 bits per heavy atom. The third-order valence-corrected chi connectivity index (χ3v) is 4.22. The average molecular weight is 287 g/mol. The van der Waals surface area contributed by atoms with Gasteiger partial charge in [0.2, 0.25) is 0 Å². The Hall–Kier alpha value is -1.76. The maximum Gasteiger partial charge on any atom is 0.339 e. The molecule has 1 aromatic carbocycles. The molecule has 0 aliphatic rings. The first kappa shape index (κ1) is 15.3. The standard InChI is InChI=1S/C12H17NO5S/c1-2-6-19(16,17)7-5-18-11-4-3-9(13)8-10(11)12(14)15/h3-4,8H,2,5-7,13H2,1H3,(H,14,15). The minimum Gasteiger partial charge on any atom is -0.492 e. The van der Waals surface area contributed by atoms with E-state index >= 15 is 0 Å². The molecule has 0 fully saturated rings. The van der Waals surface area contributed by atoms with Crippen molar-refractivity contribution >= 4 is 21.5 Å². The molecule has 0 atom stereocenters. The van der Waals surface area contributed by atoms with Crippen LogP contribution >= 0.6 is 0 Å². The maximum atomic E-state index is 11.5. The molecule has 1 aromatic rings. The van der Waals surface area contributed by atoms with E-state index in [0.717, 1.165) is 0 Å². The lowest BCUT2D eigenvalue weighted by Crippen LogP contribution is -2.17. The van der Waals surface area contributed by atoms with Crippen molar-refractivity contribution < 1.29 is 23.1 Å². The van der Waals surface area contributed by atoms with E-state index in [1.54, 1.807) is 6.92 Å². The largest absolute Gasteiger partial charge is 0.492 e. The molecular weight excluding hydrogens is 270 g/mol. The number of hydrogen-bond donors (Lipinski definition) is 2. The summed E-state index contributed by atoms with van der Waals surface area (Å²) in [5.41, 5.74) is 5.72. The Morgan fingerprint density at radius 3 is 2.63 bits per heavy atom. The Kier molecular flexibility index (Phi) is 5.17. The van der Waals surface area contributed by atoms with Crippen molar-refractivity contribution in [1.82, 2.24) is 0 Å². The second kappa shape index (κ2) is 6.42. The van der Waals surface area contributed by atoms with Gasteiger partial charge in [0.15, 0.2) is 9.84 Å². The number of carbonyl (C=O) groups is 1. The van der Waals surface area contributed by atoms with Crippen molar-refractivity contribution in [1.29, 1.82) is 0 Å².